The number of hydrogen-bond donors (Lipinski definition) is 1. The van der Waals surface area contributed by atoms with Gasteiger partial charge in [0.1, 0.15) is 6.61 Å². The van der Waals surface area contributed by atoms with Gasteiger partial charge in [0.05, 0.1) is 16.9 Å². The fraction of sp³-hybridized carbons (Fsp3) is 0.182. The van der Waals surface area contributed by atoms with Crippen LogP contribution in [0.15, 0.2) is 53.9 Å². The highest BCUT2D eigenvalue weighted by Crippen LogP contribution is 2.29. The van der Waals surface area contributed by atoms with Crippen LogP contribution in [0.4, 0.5) is 16.5 Å². The van der Waals surface area contributed by atoms with Crippen LogP contribution in [-0.4, -0.2) is 22.8 Å². The Morgan fingerprint density at radius 2 is 1.83 bits per heavy atom. The Bertz CT molecular complexity index is 1080. The first kappa shape index (κ1) is 21.2. The monoisotopic (exact) mass is 423 g/mol. The number of rotatable bonds is 6. The number of thiazole rings is 1. The molecule has 7 nitrogen and oxygen atoms in total. The van der Waals surface area contributed by atoms with Gasteiger partial charge in [-0.05, 0) is 48.9 Å². The average Bonchev–Trinajstić information content (AvgIpc) is 3.14. The number of hydrogen-bond acceptors (Lipinski definition) is 6. The topological polar surface area (TPSA) is 88.6 Å². The van der Waals surface area contributed by atoms with Crippen LogP contribution in [0.1, 0.15) is 35.5 Å². The molecule has 30 heavy (non-hydrogen) atoms. The third kappa shape index (κ3) is 5.30. The molecule has 2 amide bonds. The molecule has 0 aliphatic carbocycles. The summed E-state index contributed by atoms with van der Waals surface area (Å²) in [6.07, 6.45) is 0. The number of carbonyl (C=O) groups excluding carboxylic acids is 3. The van der Waals surface area contributed by atoms with Crippen LogP contribution in [0.5, 0.6) is 0 Å². The second-order valence-electron chi connectivity index (χ2n) is 6.65. The summed E-state index contributed by atoms with van der Waals surface area (Å²) in [6.45, 7) is 4.84. The highest BCUT2D eigenvalue weighted by Gasteiger charge is 2.18. The van der Waals surface area contributed by atoms with Gasteiger partial charge in [-0.2, -0.15) is 0 Å². The van der Waals surface area contributed by atoms with E-state index in [1.54, 1.807) is 29.6 Å². The van der Waals surface area contributed by atoms with Gasteiger partial charge in [-0.3, -0.25) is 14.5 Å². The number of nitrogens with one attached hydrogen (secondary N) is 1. The second kappa shape index (κ2) is 9.32. The van der Waals surface area contributed by atoms with Crippen molar-refractivity contribution in [2.24, 2.45) is 0 Å². The summed E-state index contributed by atoms with van der Waals surface area (Å²) in [4.78, 5) is 41.5. The number of esters is 1. The maximum Gasteiger partial charge on any atom is 0.338 e. The zero-order valence-electron chi connectivity index (χ0n) is 16.8. The average molecular weight is 423 g/mol. The number of benzene rings is 2. The maximum atomic E-state index is 12.3. The molecule has 3 rings (SSSR count). The van der Waals surface area contributed by atoms with Gasteiger partial charge in [0.2, 0.25) is 11.8 Å². The lowest BCUT2D eigenvalue weighted by Gasteiger charge is -2.18. The van der Waals surface area contributed by atoms with Crippen LogP contribution >= 0.6 is 11.3 Å². The Morgan fingerprint density at radius 3 is 2.47 bits per heavy atom. The molecule has 0 fully saturated rings. The van der Waals surface area contributed by atoms with Crippen LogP contribution in [0.3, 0.4) is 0 Å². The van der Waals surface area contributed by atoms with E-state index in [4.69, 9.17) is 4.74 Å². The number of carbonyl (C=O) groups is 3. The van der Waals surface area contributed by atoms with Crippen molar-refractivity contribution in [3.05, 3.63) is 70.7 Å². The van der Waals surface area contributed by atoms with E-state index in [0.29, 0.717) is 22.1 Å². The Morgan fingerprint density at radius 1 is 1.10 bits per heavy atom. The molecule has 2 aromatic carbocycles. The number of ether oxygens (including phenoxy) is 1. The summed E-state index contributed by atoms with van der Waals surface area (Å²) in [6, 6.07) is 14.0. The van der Waals surface area contributed by atoms with Gasteiger partial charge in [0.15, 0.2) is 5.13 Å². The molecular formula is C22H21N3O4S. The van der Waals surface area contributed by atoms with Crippen molar-refractivity contribution in [1.29, 1.82) is 0 Å². The molecule has 0 saturated carbocycles. The van der Waals surface area contributed by atoms with Gasteiger partial charge in [0.25, 0.3) is 0 Å². The van der Waals surface area contributed by atoms with Crippen molar-refractivity contribution >= 4 is 45.6 Å². The van der Waals surface area contributed by atoms with E-state index in [1.807, 2.05) is 31.2 Å². The Labute approximate surface area is 178 Å². The zero-order chi connectivity index (χ0) is 21.7. The molecule has 1 N–H and O–H groups in total. The molecule has 3 aromatic rings. The lowest BCUT2D eigenvalue weighted by molar-refractivity contribution is -0.116. The van der Waals surface area contributed by atoms with Gasteiger partial charge in [-0.15, -0.1) is 11.3 Å². The summed E-state index contributed by atoms with van der Waals surface area (Å²) in [7, 11) is 0. The Kier molecular flexibility index (Phi) is 6.58. The molecule has 154 valence electrons. The van der Waals surface area contributed by atoms with Crippen molar-refractivity contribution < 1.29 is 19.1 Å². The minimum Gasteiger partial charge on any atom is -0.456 e. The lowest BCUT2D eigenvalue weighted by atomic mass is 10.2. The van der Waals surface area contributed by atoms with E-state index in [-0.39, 0.29) is 18.4 Å². The van der Waals surface area contributed by atoms with Gasteiger partial charge in [-0.25, -0.2) is 9.78 Å². The maximum absolute atomic E-state index is 12.3. The van der Waals surface area contributed by atoms with E-state index in [1.165, 1.54) is 30.1 Å². The van der Waals surface area contributed by atoms with Crippen LogP contribution in [0.25, 0.3) is 0 Å². The van der Waals surface area contributed by atoms with Crippen LogP contribution in [-0.2, 0) is 20.9 Å². The fourth-order valence-electron chi connectivity index (χ4n) is 2.77. The molecule has 0 aliphatic heterocycles. The minimum absolute atomic E-state index is 0.0116. The summed E-state index contributed by atoms with van der Waals surface area (Å²) >= 11 is 1.30. The quantitative estimate of drug-likeness (QED) is 0.592. The number of amides is 2. The molecule has 0 aliphatic rings. The lowest BCUT2D eigenvalue weighted by Crippen LogP contribution is -2.22. The number of aromatic nitrogens is 1. The SMILES string of the molecule is CC(=O)Nc1ccc(C(=O)OCc2csc(N(C(C)=O)c3cccc(C)c3)n2)cc1. The van der Waals surface area contributed by atoms with E-state index < -0.39 is 5.97 Å². The van der Waals surface area contributed by atoms with E-state index in [2.05, 4.69) is 10.3 Å². The molecule has 8 heteroatoms. The van der Waals surface area contributed by atoms with Crippen LogP contribution < -0.4 is 10.2 Å². The molecule has 0 bridgehead atoms. The number of nitrogens with zero attached hydrogens (tertiary/aromatic N) is 2. The first-order valence-corrected chi connectivity index (χ1v) is 10.1. The standard InChI is InChI=1S/C22H21N3O4S/c1-14-5-4-6-20(11-14)25(16(3)27)22-24-19(13-30-22)12-29-21(28)17-7-9-18(10-8-17)23-15(2)26/h4-11,13H,12H2,1-3H3,(H,23,26). The van der Waals surface area contributed by atoms with Crippen LogP contribution in [0, 0.1) is 6.92 Å². The summed E-state index contributed by atoms with van der Waals surface area (Å²) in [5, 5.41) is 4.91. The summed E-state index contributed by atoms with van der Waals surface area (Å²) in [5.74, 6) is -0.839. The van der Waals surface area contributed by atoms with Crippen molar-refractivity contribution in [2.75, 3.05) is 10.2 Å². The van der Waals surface area contributed by atoms with Gasteiger partial charge < -0.3 is 10.1 Å². The molecule has 0 saturated heterocycles. The predicted molar refractivity (Wildman–Crippen MR) is 116 cm³/mol. The predicted octanol–water partition coefficient (Wildman–Crippen LogP) is 4.45. The number of anilines is 3. The molecule has 1 heterocycles. The number of aryl methyl sites for hydroxylation is 1. The van der Waals surface area contributed by atoms with Gasteiger partial charge in [-0.1, -0.05) is 12.1 Å². The van der Waals surface area contributed by atoms with Crippen molar-refractivity contribution in [1.82, 2.24) is 4.98 Å². The van der Waals surface area contributed by atoms with Gasteiger partial charge >= 0.3 is 5.97 Å². The Balaban J connectivity index is 1.66. The minimum atomic E-state index is -0.499. The zero-order valence-corrected chi connectivity index (χ0v) is 17.7. The molecule has 0 atom stereocenters. The van der Waals surface area contributed by atoms with E-state index >= 15 is 0 Å². The Hall–Kier alpha value is -3.52. The first-order chi connectivity index (χ1) is 14.3. The van der Waals surface area contributed by atoms with E-state index in [0.717, 1.165) is 11.3 Å². The molecular weight excluding hydrogens is 402 g/mol. The third-order valence-electron chi connectivity index (χ3n) is 4.10. The summed E-state index contributed by atoms with van der Waals surface area (Å²) < 4.78 is 5.33. The molecule has 1 aromatic heterocycles. The van der Waals surface area contributed by atoms with Crippen molar-refractivity contribution in [3.8, 4) is 0 Å². The third-order valence-corrected chi connectivity index (χ3v) is 4.97. The molecule has 0 unspecified atom stereocenters. The summed E-state index contributed by atoms with van der Waals surface area (Å²) in [5.41, 5.74) is 3.29. The molecule has 0 radical (unpaired) electrons. The fourth-order valence-corrected chi connectivity index (χ4v) is 3.65. The second-order valence-corrected chi connectivity index (χ2v) is 7.49. The highest BCUT2D eigenvalue weighted by molar-refractivity contribution is 7.14. The van der Waals surface area contributed by atoms with E-state index in [9.17, 15) is 14.4 Å². The van der Waals surface area contributed by atoms with Crippen molar-refractivity contribution in [3.63, 3.8) is 0 Å². The van der Waals surface area contributed by atoms with Gasteiger partial charge in [0, 0.05) is 24.9 Å². The van der Waals surface area contributed by atoms with Crippen LogP contribution in [0.2, 0.25) is 0 Å². The smallest absolute Gasteiger partial charge is 0.338 e. The van der Waals surface area contributed by atoms with Crippen molar-refractivity contribution in [2.45, 2.75) is 27.4 Å². The molecule has 0 spiro atoms. The highest BCUT2D eigenvalue weighted by atomic mass is 32.1. The largest absolute Gasteiger partial charge is 0.456 e. The normalized spacial score (nSPS) is 10.4. The first-order valence-electron chi connectivity index (χ1n) is 9.20.